The van der Waals surface area contributed by atoms with E-state index in [2.05, 4.69) is 21.9 Å². The summed E-state index contributed by atoms with van der Waals surface area (Å²) in [5.74, 6) is -0.667. The molecule has 2 saturated heterocycles. The van der Waals surface area contributed by atoms with Crippen LogP contribution in [0.15, 0.2) is 42.6 Å². The van der Waals surface area contributed by atoms with Gasteiger partial charge in [0.2, 0.25) is 0 Å². The molecule has 1 aromatic heterocycles. The van der Waals surface area contributed by atoms with Crippen molar-refractivity contribution in [3.8, 4) is 0 Å². The highest BCUT2D eigenvalue weighted by Crippen LogP contribution is 2.44. The summed E-state index contributed by atoms with van der Waals surface area (Å²) < 4.78 is 10.3. The number of hydrogen-bond acceptors (Lipinski definition) is 6. The molecular weight excluding hydrogens is 398 g/mol. The fourth-order valence-electron chi connectivity index (χ4n) is 4.92. The van der Waals surface area contributed by atoms with E-state index in [1.165, 1.54) is 30.5 Å². The molecule has 31 heavy (non-hydrogen) atoms. The number of fused-ring (bicyclic) bond motifs is 3. The highest BCUT2D eigenvalue weighted by molar-refractivity contribution is 5.94. The zero-order chi connectivity index (χ0) is 21.5. The third kappa shape index (κ3) is 3.32. The van der Waals surface area contributed by atoms with Crippen LogP contribution in [-0.4, -0.2) is 65.1 Å². The lowest BCUT2D eigenvalue weighted by atomic mass is 9.99. The van der Waals surface area contributed by atoms with Gasteiger partial charge in [0.15, 0.2) is 0 Å². The van der Waals surface area contributed by atoms with Crippen LogP contribution in [0, 0.1) is 0 Å². The first-order valence-corrected chi connectivity index (χ1v) is 10.5. The van der Waals surface area contributed by atoms with Crippen LogP contribution in [0.2, 0.25) is 0 Å². The van der Waals surface area contributed by atoms with Crippen LogP contribution < -0.4 is 0 Å². The third-order valence-electron chi connectivity index (χ3n) is 6.46. The molecule has 5 rings (SSSR count). The molecule has 3 aliphatic rings. The second kappa shape index (κ2) is 7.68. The molecule has 160 valence electrons. The highest BCUT2D eigenvalue weighted by atomic mass is 16.6. The number of pyridine rings is 1. The summed E-state index contributed by atoms with van der Waals surface area (Å²) in [6, 6.07) is 11.3. The lowest BCUT2D eigenvalue weighted by Crippen LogP contribution is -2.48. The highest BCUT2D eigenvalue weighted by Gasteiger charge is 2.50. The second-order valence-electron chi connectivity index (χ2n) is 8.12. The molecule has 2 amide bonds. The summed E-state index contributed by atoms with van der Waals surface area (Å²) in [6.45, 7) is 1.07. The minimum absolute atomic E-state index is 0.0346. The zero-order valence-electron chi connectivity index (χ0n) is 17.2. The quantitative estimate of drug-likeness (QED) is 0.708. The van der Waals surface area contributed by atoms with Gasteiger partial charge < -0.3 is 14.4 Å². The number of piperidine rings is 1. The van der Waals surface area contributed by atoms with Crippen molar-refractivity contribution in [1.29, 1.82) is 0 Å². The molecule has 1 aromatic carbocycles. The number of amides is 2. The Balaban J connectivity index is 1.26. The average Bonchev–Trinajstić information content (AvgIpc) is 3.32. The Morgan fingerprint density at radius 1 is 1.13 bits per heavy atom. The van der Waals surface area contributed by atoms with Gasteiger partial charge in [-0.15, -0.1) is 0 Å². The maximum atomic E-state index is 12.8. The van der Waals surface area contributed by atoms with Crippen molar-refractivity contribution in [3.63, 3.8) is 0 Å². The number of ether oxygens (including phenoxy) is 2. The van der Waals surface area contributed by atoms with Gasteiger partial charge in [0, 0.05) is 31.7 Å². The molecule has 0 radical (unpaired) electrons. The van der Waals surface area contributed by atoms with Gasteiger partial charge >= 0.3 is 12.1 Å². The zero-order valence-corrected chi connectivity index (χ0v) is 17.2. The summed E-state index contributed by atoms with van der Waals surface area (Å²) in [4.78, 5) is 44.8. The number of carbonyl (C=O) groups excluding carboxylic acids is 3. The topological polar surface area (TPSA) is 89.0 Å². The van der Waals surface area contributed by atoms with E-state index in [4.69, 9.17) is 4.74 Å². The summed E-state index contributed by atoms with van der Waals surface area (Å²) in [7, 11) is 1.30. The van der Waals surface area contributed by atoms with Crippen molar-refractivity contribution in [3.05, 3.63) is 65.0 Å². The van der Waals surface area contributed by atoms with Gasteiger partial charge in [-0.3, -0.25) is 14.7 Å². The number of esters is 1. The van der Waals surface area contributed by atoms with E-state index in [9.17, 15) is 14.4 Å². The number of rotatable bonds is 3. The van der Waals surface area contributed by atoms with Gasteiger partial charge in [0.05, 0.1) is 18.7 Å². The number of methoxy groups -OCH3 is 1. The number of hydrogen-bond donors (Lipinski definition) is 0. The average molecular weight is 421 g/mol. The maximum Gasteiger partial charge on any atom is 0.411 e. The third-order valence-corrected chi connectivity index (χ3v) is 6.46. The van der Waals surface area contributed by atoms with Gasteiger partial charge in [-0.1, -0.05) is 24.3 Å². The molecule has 8 nitrogen and oxygen atoms in total. The van der Waals surface area contributed by atoms with E-state index < -0.39 is 5.97 Å². The van der Waals surface area contributed by atoms with Crippen molar-refractivity contribution >= 4 is 18.0 Å². The Morgan fingerprint density at radius 2 is 1.90 bits per heavy atom. The van der Waals surface area contributed by atoms with E-state index in [1.54, 1.807) is 11.0 Å². The van der Waals surface area contributed by atoms with Crippen molar-refractivity contribution in [2.75, 3.05) is 20.2 Å². The minimum atomic E-state index is -0.489. The molecule has 2 atom stereocenters. The molecule has 2 aliphatic heterocycles. The smallest absolute Gasteiger partial charge is 0.411 e. The molecule has 2 aromatic rings. The van der Waals surface area contributed by atoms with Gasteiger partial charge in [0.25, 0.3) is 5.91 Å². The first kappa shape index (κ1) is 19.5. The number of benzene rings is 1. The van der Waals surface area contributed by atoms with E-state index in [-0.39, 0.29) is 35.9 Å². The van der Waals surface area contributed by atoms with Crippen LogP contribution in [-0.2, 0) is 15.9 Å². The number of carbonyl (C=O) groups is 3. The summed E-state index contributed by atoms with van der Waals surface area (Å²) in [5, 5.41) is 0. The molecular formula is C23H23N3O5. The maximum absolute atomic E-state index is 12.8. The molecule has 0 bridgehead atoms. The molecule has 8 heteroatoms. The lowest BCUT2D eigenvalue weighted by molar-refractivity contribution is 0.0593. The number of aromatic nitrogens is 1. The first-order valence-electron chi connectivity index (χ1n) is 10.5. The minimum Gasteiger partial charge on any atom is -0.465 e. The molecule has 3 heterocycles. The standard InChI is InChI=1S/C23H23N3O5/c1-30-22(28)15-6-7-18(24-13-15)21(27)25-10-8-16(9-11-25)26-20-17-5-3-2-4-14(17)12-19(20)31-23(26)29/h2-7,13,16,19-20H,8-12H2,1H3/t19-,20+/m0/s1. The van der Waals surface area contributed by atoms with E-state index in [0.717, 1.165) is 6.42 Å². The summed E-state index contributed by atoms with van der Waals surface area (Å²) in [5.41, 5.74) is 3.00. The summed E-state index contributed by atoms with van der Waals surface area (Å²) in [6.07, 6.45) is 3.10. The number of nitrogens with zero attached hydrogens (tertiary/aromatic N) is 3. The van der Waals surface area contributed by atoms with E-state index in [1.807, 2.05) is 17.0 Å². The monoisotopic (exact) mass is 421 g/mol. The summed E-state index contributed by atoms with van der Waals surface area (Å²) >= 11 is 0. The predicted molar refractivity (Wildman–Crippen MR) is 109 cm³/mol. The Bertz CT molecular complexity index is 1030. The predicted octanol–water partition coefficient (Wildman–Crippen LogP) is 2.59. The Labute approximate surface area is 179 Å². The number of likely N-dealkylation sites (tertiary alicyclic amines) is 1. The molecule has 0 N–H and O–H groups in total. The van der Waals surface area contributed by atoms with Crippen LogP contribution in [0.1, 0.15) is 50.9 Å². The lowest BCUT2D eigenvalue weighted by Gasteiger charge is -2.37. The van der Waals surface area contributed by atoms with Crippen LogP contribution in [0.4, 0.5) is 4.79 Å². The largest absolute Gasteiger partial charge is 0.465 e. The fourth-order valence-corrected chi connectivity index (χ4v) is 4.92. The van der Waals surface area contributed by atoms with Gasteiger partial charge in [-0.05, 0) is 36.1 Å². The normalized spacial score (nSPS) is 22.7. The second-order valence-corrected chi connectivity index (χ2v) is 8.12. The molecule has 2 fully saturated rings. The van der Waals surface area contributed by atoms with Crippen LogP contribution in [0.25, 0.3) is 0 Å². The van der Waals surface area contributed by atoms with E-state index >= 15 is 0 Å². The first-order chi connectivity index (χ1) is 15.1. The van der Waals surface area contributed by atoms with Crippen LogP contribution in [0.5, 0.6) is 0 Å². The van der Waals surface area contributed by atoms with E-state index in [0.29, 0.717) is 31.5 Å². The molecule has 0 unspecified atom stereocenters. The van der Waals surface area contributed by atoms with Crippen molar-refractivity contribution in [1.82, 2.24) is 14.8 Å². The van der Waals surface area contributed by atoms with Crippen LogP contribution >= 0.6 is 0 Å². The van der Waals surface area contributed by atoms with Gasteiger partial charge in [-0.2, -0.15) is 0 Å². The fraction of sp³-hybridized carbons (Fsp3) is 0.391. The van der Waals surface area contributed by atoms with Crippen molar-refractivity contribution < 1.29 is 23.9 Å². The SMILES string of the molecule is COC(=O)c1ccc(C(=O)N2CCC(N3C(=O)O[C@H]4Cc5ccccc5[C@H]43)CC2)nc1. The van der Waals surface area contributed by atoms with Crippen LogP contribution in [0.3, 0.4) is 0 Å². The Kier molecular flexibility index (Phi) is 4.84. The Hall–Kier alpha value is -3.42. The van der Waals surface area contributed by atoms with Crippen molar-refractivity contribution in [2.45, 2.75) is 37.5 Å². The van der Waals surface area contributed by atoms with Crippen molar-refractivity contribution in [2.24, 2.45) is 0 Å². The molecule has 0 saturated carbocycles. The Morgan fingerprint density at radius 3 is 2.61 bits per heavy atom. The van der Waals surface area contributed by atoms with Gasteiger partial charge in [-0.25, -0.2) is 9.59 Å². The molecule has 0 spiro atoms. The van der Waals surface area contributed by atoms with Gasteiger partial charge in [0.1, 0.15) is 11.8 Å². The molecule has 1 aliphatic carbocycles.